The van der Waals surface area contributed by atoms with Gasteiger partial charge in [0.25, 0.3) is 5.56 Å². The van der Waals surface area contributed by atoms with E-state index in [1.54, 1.807) is 16.7 Å². The van der Waals surface area contributed by atoms with Gasteiger partial charge in [-0.3, -0.25) is 4.79 Å². The Hall–Kier alpha value is -3.14. The maximum Gasteiger partial charge on any atom is 0.340 e. The van der Waals surface area contributed by atoms with E-state index in [0.29, 0.717) is 41.9 Å². The van der Waals surface area contributed by atoms with Crippen molar-refractivity contribution in [2.24, 2.45) is 0 Å². The molecule has 1 unspecified atom stereocenters. The molecule has 0 spiro atoms. The molecule has 4 heterocycles. The molecule has 2 aliphatic heterocycles. The van der Waals surface area contributed by atoms with Crippen molar-refractivity contribution < 1.29 is 28.9 Å². The zero-order valence-corrected chi connectivity index (χ0v) is 18.6. The number of hydrogen-bond donors (Lipinski definition) is 2. The summed E-state index contributed by atoms with van der Waals surface area (Å²) in [6, 6.07) is 4.70. The lowest BCUT2D eigenvalue weighted by atomic mass is 9.70. The van der Waals surface area contributed by atoms with Gasteiger partial charge in [-0.25, -0.2) is 14.2 Å². The minimum absolute atomic E-state index is 0.0966. The van der Waals surface area contributed by atoms with Crippen LogP contribution < -0.4 is 5.56 Å². The van der Waals surface area contributed by atoms with Gasteiger partial charge in [-0.05, 0) is 42.2 Å². The Bertz CT molecular complexity index is 1450. The summed E-state index contributed by atoms with van der Waals surface area (Å²) < 4.78 is 27.1. The number of rotatable bonds is 4. The third-order valence-corrected chi connectivity index (χ3v) is 7.36. The maximum absolute atomic E-state index is 14.8. The molecule has 0 radical (unpaired) electrons. The number of halogens is 1. The number of aliphatic hydroxyl groups is 2. The van der Waals surface area contributed by atoms with E-state index in [-0.39, 0.29) is 48.9 Å². The zero-order chi connectivity index (χ0) is 23.8. The smallest absolute Gasteiger partial charge is 0.340 e. The Balaban J connectivity index is 1.63. The number of hydrogen-bond acceptors (Lipinski definition) is 7. The Morgan fingerprint density at radius 1 is 1.29 bits per heavy atom. The van der Waals surface area contributed by atoms with E-state index < -0.39 is 17.5 Å². The summed E-state index contributed by atoms with van der Waals surface area (Å²) in [6.45, 7) is 2.54. The molecule has 34 heavy (non-hydrogen) atoms. The third-order valence-electron chi connectivity index (χ3n) is 7.36. The molecule has 0 saturated heterocycles. The van der Waals surface area contributed by atoms with Gasteiger partial charge in [0.15, 0.2) is 6.10 Å². The SMILES string of the molecule is CC1(COCCO)CCc2c(F)ccc3nc4c(c1c23)Cn1c-4cc2c(c1=O)COC(=O)[C@H]2O. The minimum Gasteiger partial charge on any atom is -0.458 e. The second kappa shape index (κ2) is 7.43. The first-order valence-corrected chi connectivity index (χ1v) is 11.3. The average molecular weight is 466 g/mol. The summed E-state index contributed by atoms with van der Waals surface area (Å²) in [7, 11) is 0. The van der Waals surface area contributed by atoms with Crippen LogP contribution >= 0.6 is 0 Å². The fourth-order valence-electron chi connectivity index (χ4n) is 5.71. The van der Waals surface area contributed by atoms with Gasteiger partial charge in [-0.1, -0.05) is 6.92 Å². The molecule has 1 aliphatic carbocycles. The van der Waals surface area contributed by atoms with Crippen molar-refractivity contribution in [1.82, 2.24) is 9.55 Å². The summed E-state index contributed by atoms with van der Waals surface area (Å²) in [5, 5.41) is 20.3. The van der Waals surface area contributed by atoms with Crippen molar-refractivity contribution >= 4 is 16.9 Å². The molecule has 2 atom stereocenters. The molecule has 3 aromatic rings. The molecular weight excluding hydrogens is 443 g/mol. The second-order valence-electron chi connectivity index (χ2n) is 9.44. The molecule has 2 aromatic heterocycles. The van der Waals surface area contributed by atoms with Crippen molar-refractivity contribution in [3.8, 4) is 11.4 Å². The van der Waals surface area contributed by atoms with Crippen LogP contribution in [-0.4, -0.2) is 45.6 Å². The molecule has 9 heteroatoms. The Morgan fingerprint density at radius 2 is 2.12 bits per heavy atom. The van der Waals surface area contributed by atoms with Crippen molar-refractivity contribution in [2.45, 2.75) is 44.4 Å². The molecular formula is C25H23FN2O6. The van der Waals surface area contributed by atoms with Crippen molar-refractivity contribution in [3.63, 3.8) is 0 Å². The van der Waals surface area contributed by atoms with Crippen LogP contribution in [0.15, 0.2) is 23.0 Å². The number of aryl methyl sites for hydroxylation is 1. The molecule has 0 bridgehead atoms. The van der Waals surface area contributed by atoms with E-state index in [9.17, 15) is 24.2 Å². The van der Waals surface area contributed by atoms with E-state index in [4.69, 9.17) is 14.5 Å². The number of esters is 1. The second-order valence-corrected chi connectivity index (χ2v) is 9.44. The molecule has 1 aromatic carbocycles. The van der Waals surface area contributed by atoms with Crippen LogP contribution in [0.3, 0.4) is 0 Å². The highest BCUT2D eigenvalue weighted by molar-refractivity contribution is 5.93. The summed E-state index contributed by atoms with van der Waals surface area (Å²) in [4.78, 5) is 30.1. The number of carbonyl (C=O) groups is 1. The lowest BCUT2D eigenvalue weighted by molar-refractivity contribution is -0.157. The molecule has 0 fully saturated rings. The number of carbonyl (C=O) groups excluding carboxylic acids is 1. The predicted molar refractivity (Wildman–Crippen MR) is 119 cm³/mol. The zero-order valence-electron chi connectivity index (χ0n) is 18.6. The van der Waals surface area contributed by atoms with E-state index in [2.05, 4.69) is 6.92 Å². The topological polar surface area (TPSA) is 111 Å². The molecule has 8 nitrogen and oxygen atoms in total. The molecule has 0 amide bonds. The van der Waals surface area contributed by atoms with Crippen LogP contribution in [0.5, 0.6) is 0 Å². The predicted octanol–water partition coefficient (Wildman–Crippen LogP) is 1.87. The Labute approximate surface area is 193 Å². The van der Waals surface area contributed by atoms with Crippen molar-refractivity contribution in [2.75, 3.05) is 19.8 Å². The monoisotopic (exact) mass is 466 g/mol. The van der Waals surface area contributed by atoms with E-state index in [1.165, 1.54) is 6.07 Å². The first kappa shape index (κ1) is 21.4. The summed E-state index contributed by atoms with van der Waals surface area (Å²) in [5.74, 6) is -1.07. The normalized spacial score (nSPS) is 22.4. The highest BCUT2D eigenvalue weighted by atomic mass is 19.1. The van der Waals surface area contributed by atoms with Crippen molar-refractivity contribution in [1.29, 1.82) is 0 Å². The standard InChI is InChI=1S/C25H23FN2O6/c1-25(11-33-7-6-29)5-4-12-16(26)2-3-17-19(12)20(25)14-9-28-18(21(14)27-17)8-13-15(23(28)31)10-34-24(32)22(13)30/h2-3,8,22,29-30H,4-7,9-11H2,1H3/t22-,25?/m0/s1. The van der Waals surface area contributed by atoms with Crippen LogP contribution in [-0.2, 0) is 39.3 Å². The first-order valence-electron chi connectivity index (χ1n) is 11.3. The van der Waals surface area contributed by atoms with Gasteiger partial charge in [0.1, 0.15) is 12.4 Å². The van der Waals surface area contributed by atoms with Gasteiger partial charge < -0.3 is 24.3 Å². The quantitative estimate of drug-likeness (QED) is 0.349. The largest absolute Gasteiger partial charge is 0.458 e. The Morgan fingerprint density at radius 3 is 2.91 bits per heavy atom. The molecule has 3 aliphatic rings. The molecule has 0 saturated carbocycles. The number of pyridine rings is 2. The number of cyclic esters (lactones) is 1. The highest BCUT2D eigenvalue weighted by Gasteiger charge is 2.41. The number of benzene rings is 1. The minimum atomic E-state index is -1.52. The molecule has 2 N–H and O–H groups in total. The van der Waals surface area contributed by atoms with Crippen molar-refractivity contribution in [3.05, 3.63) is 62.2 Å². The van der Waals surface area contributed by atoms with Crippen LogP contribution in [0.2, 0.25) is 0 Å². The van der Waals surface area contributed by atoms with E-state index >= 15 is 0 Å². The highest BCUT2D eigenvalue weighted by Crippen LogP contribution is 2.48. The van der Waals surface area contributed by atoms with Gasteiger partial charge in [-0.2, -0.15) is 0 Å². The third kappa shape index (κ3) is 2.84. The van der Waals surface area contributed by atoms with Gasteiger partial charge in [0, 0.05) is 21.9 Å². The first-order chi connectivity index (χ1) is 16.3. The summed E-state index contributed by atoms with van der Waals surface area (Å²) in [5.41, 5.74) is 3.72. The fourth-order valence-corrected chi connectivity index (χ4v) is 5.71. The summed E-state index contributed by atoms with van der Waals surface area (Å²) in [6.07, 6.45) is -0.355. The number of nitrogens with zero attached hydrogens (tertiary/aromatic N) is 2. The maximum atomic E-state index is 14.8. The molecule has 176 valence electrons. The Kier molecular flexibility index (Phi) is 4.68. The van der Waals surface area contributed by atoms with Crippen LogP contribution in [0.25, 0.3) is 22.3 Å². The lowest BCUT2D eigenvalue weighted by Crippen LogP contribution is -2.35. The van der Waals surface area contributed by atoms with Crippen LogP contribution in [0.4, 0.5) is 4.39 Å². The average Bonchev–Trinajstić information content (AvgIpc) is 3.18. The van der Waals surface area contributed by atoms with Gasteiger partial charge in [0.05, 0.1) is 48.8 Å². The fraction of sp³-hybridized carbons (Fsp3) is 0.400. The van der Waals surface area contributed by atoms with Crippen LogP contribution in [0, 0.1) is 5.82 Å². The van der Waals surface area contributed by atoms with E-state index in [1.807, 2.05) is 0 Å². The number of aliphatic hydroxyl groups excluding tert-OH is 2. The lowest BCUT2D eigenvalue weighted by Gasteiger charge is -2.37. The number of ether oxygens (including phenoxy) is 2. The molecule has 6 rings (SSSR count). The van der Waals surface area contributed by atoms with Gasteiger partial charge in [0.2, 0.25) is 0 Å². The number of aromatic nitrogens is 2. The van der Waals surface area contributed by atoms with Crippen LogP contribution in [0.1, 0.15) is 47.3 Å². The van der Waals surface area contributed by atoms with E-state index in [0.717, 1.165) is 16.5 Å². The van der Waals surface area contributed by atoms with Gasteiger partial charge in [-0.15, -0.1) is 0 Å². The summed E-state index contributed by atoms with van der Waals surface area (Å²) >= 11 is 0. The number of fused-ring (bicyclic) bond motifs is 5. The van der Waals surface area contributed by atoms with Gasteiger partial charge >= 0.3 is 5.97 Å².